The topological polar surface area (TPSA) is 71.1 Å². The Labute approximate surface area is 166 Å². The van der Waals surface area contributed by atoms with E-state index in [9.17, 15) is 9.59 Å². The fourth-order valence-electron chi connectivity index (χ4n) is 3.56. The van der Waals surface area contributed by atoms with Gasteiger partial charge in [0.05, 0.1) is 20.1 Å². The molecule has 2 saturated heterocycles. The predicted octanol–water partition coefficient (Wildman–Crippen LogP) is 1.41. The standard InChI is InChI=1S/C19H27N3O4.ClH/c1-25-16-10-15(11-17(12-16)26-2)19(24)22-8-6-21(7-9-22)18(23)14-4-3-5-20-13-14;/h10-12,14,20H,3-9,13H2,1-2H3;1H. The minimum atomic E-state index is -0.0615. The second kappa shape index (κ2) is 9.80. The molecule has 3 rings (SSSR count). The second-order valence-corrected chi connectivity index (χ2v) is 6.76. The average Bonchev–Trinajstić information content (AvgIpc) is 2.73. The van der Waals surface area contributed by atoms with Gasteiger partial charge in [0.25, 0.3) is 5.91 Å². The lowest BCUT2D eigenvalue weighted by Gasteiger charge is -2.37. The number of hydrogen-bond donors (Lipinski definition) is 1. The van der Waals surface area contributed by atoms with Gasteiger partial charge in [-0.15, -0.1) is 12.4 Å². The molecule has 150 valence electrons. The summed E-state index contributed by atoms with van der Waals surface area (Å²) in [6.07, 6.45) is 2.00. The zero-order valence-corrected chi connectivity index (χ0v) is 16.7. The van der Waals surface area contributed by atoms with Crippen LogP contribution in [-0.4, -0.2) is 75.1 Å². The highest BCUT2D eigenvalue weighted by atomic mass is 35.5. The number of piperidine rings is 1. The van der Waals surface area contributed by atoms with Gasteiger partial charge in [-0.3, -0.25) is 9.59 Å². The molecule has 0 aromatic heterocycles. The third-order valence-corrected chi connectivity index (χ3v) is 5.12. The predicted molar refractivity (Wildman–Crippen MR) is 105 cm³/mol. The van der Waals surface area contributed by atoms with Gasteiger partial charge in [-0.2, -0.15) is 0 Å². The molecule has 1 unspecified atom stereocenters. The lowest BCUT2D eigenvalue weighted by atomic mass is 9.98. The van der Waals surface area contributed by atoms with Crippen molar-refractivity contribution in [2.24, 2.45) is 5.92 Å². The molecule has 2 aliphatic rings. The highest BCUT2D eigenvalue weighted by Gasteiger charge is 2.30. The molecule has 2 amide bonds. The Morgan fingerprint density at radius 1 is 1.00 bits per heavy atom. The number of nitrogens with zero attached hydrogens (tertiary/aromatic N) is 2. The summed E-state index contributed by atoms with van der Waals surface area (Å²) in [5, 5.41) is 3.29. The van der Waals surface area contributed by atoms with Gasteiger partial charge in [-0.1, -0.05) is 0 Å². The van der Waals surface area contributed by atoms with E-state index in [4.69, 9.17) is 9.47 Å². The molecule has 1 aromatic carbocycles. The molecule has 8 heteroatoms. The molecule has 2 aliphatic heterocycles. The number of nitrogens with one attached hydrogen (secondary N) is 1. The first kappa shape index (κ1) is 21.3. The van der Waals surface area contributed by atoms with Crippen LogP contribution in [0.5, 0.6) is 11.5 Å². The summed E-state index contributed by atoms with van der Waals surface area (Å²) in [4.78, 5) is 29.1. The normalized spacial score (nSPS) is 19.9. The van der Waals surface area contributed by atoms with Gasteiger partial charge < -0.3 is 24.6 Å². The first-order valence-electron chi connectivity index (χ1n) is 9.14. The van der Waals surface area contributed by atoms with Crippen LogP contribution in [0.15, 0.2) is 18.2 Å². The lowest BCUT2D eigenvalue weighted by Crippen LogP contribution is -2.53. The number of rotatable bonds is 4. The number of halogens is 1. The van der Waals surface area contributed by atoms with Gasteiger partial charge in [0.2, 0.25) is 5.91 Å². The molecule has 0 bridgehead atoms. The van der Waals surface area contributed by atoms with Crippen LogP contribution in [0.25, 0.3) is 0 Å². The summed E-state index contributed by atoms with van der Waals surface area (Å²) in [6.45, 7) is 4.02. The van der Waals surface area contributed by atoms with Crippen molar-refractivity contribution in [3.8, 4) is 11.5 Å². The zero-order chi connectivity index (χ0) is 18.5. The van der Waals surface area contributed by atoms with Crippen molar-refractivity contribution in [1.82, 2.24) is 15.1 Å². The quantitative estimate of drug-likeness (QED) is 0.831. The Hall–Kier alpha value is -1.99. The number of hydrogen-bond acceptors (Lipinski definition) is 5. The van der Waals surface area contributed by atoms with E-state index >= 15 is 0 Å². The molecule has 1 N–H and O–H groups in total. The van der Waals surface area contributed by atoms with E-state index in [0.29, 0.717) is 43.2 Å². The maximum absolute atomic E-state index is 12.8. The fourth-order valence-corrected chi connectivity index (χ4v) is 3.56. The summed E-state index contributed by atoms with van der Waals surface area (Å²) < 4.78 is 10.5. The number of ether oxygens (including phenoxy) is 2. The lowest BCUT2D eigenvalue weighted by molar-refractivity contribution is -0.137. The fraction of sp³-hybridized carbons (Fsp3) is 0.579. The van der Waals surface area contributed by atoms with Gasteiger partial charge in [0.1, 0.15) is 11.5 Å². The number of methoxy groups -OCH3 is 2. The second-order valence-electron chi connectivity index (χ2n) is 6.76. The largest absolute Gasteiger partial charge is 0.497 e. The maximum atomic E-state index is 12.8. The van der Waals surface area contributed by atoms with Gasteiger partial charge >= 0.3 is 0 Å². The van der Waals surface area contributed by atoms with E-state index in [-0.39, 0.29) is 30.1 Å². The summed E-state index contributed by atoms with van der Waals surface area (Å²) in [6, 6.07) is 5.18. The van der Waals surface area contributed by atoms with Crippen molar-refractivity contribution in [1.29, 1.82) is 0 Å². The number of carbonyl (C=O) groups excluding carboxylic acids is 2. The Kier molecular flexibility index (Phi) is 7.74. The van der Waals surface area contributed by atoms with Crippen LogP contribution in [0, 0.1) is 5.92 Å². The van der Waals surface area contributed by atoms with Crippen molar-refractivity contribution in [2.45, 2.75) is 12.8 Å². The molecule has 1 aromatic rings. The molecule has 0 saturated carbocycles. The minimum absolute atomic E-state index is 0. The summed E-state index contributed by atoms with van der Waals surface area (Å²) in [7, 11) is 3.13. The maximum Gasteiger partial charge on any atom is 0.254 e. The SMILES string of the molecule is COc1cc(OC)cc(C(=O)N2CCN(C(=O)C3CCCNC3)CC2)c1.Cl. The van der Waals surface area contributed by atoms with Crippen molar-refractivity contribution >= 4 is 24.2 Å². The Morgan fingerprint density at radius 3 is 2.11 bits per heavy atom. The van der Waals surface area contributed by atoms with Crippen LogP contribution in [0.1, 0.15) is 23.2 Å². The first-order valence-corrected chi connectivity index (χ1v) is 9.14. The van der Waals surface area contributed by atoms with E-state index in [2.05, 4.69) is 5.32 Å². The Bertz CT molecular complexity index is 634. The molecule has 0 spiro atoms. The van der Waals surface area contributed by atoms with E-state index in [1.807, 2.05) is 4.90 Å². The van der Waals surface area contributed by atoms with Crippen LogP contribution < -0.4 is 14.8 Å². The average molecular weight is 398 g/mol. The molecule has 2 fully saturated rings. The number of amides is 2. The summed E-state index contributed by atoms with van der Waals surface area (Å²) in [5.74, 6) is 1.41. The zero-order valence-electron chi connectivity index (χ0n) is 15.9. The Balaban J connectivity index is 0.00000261. The number of piperazine rings is 1. The summed E-state index contributed by atoms with van der Waals surface area (Å²) >= 11 is 0. The Morgan fingerprint density at radius 2 is 1.59 bits per heavy atom. The molecule has 0 aliphatic carbocycles. The van der Waals surface area contributed by atoms with E-state index < -0.39 is 0 Å². The number of carbonyl (C=O) groups is 2. The van der Waals surface area contributed by atoms with Gasteiger partial charge in [-0.05, 0) is 31.5 Å². The van der Waals surface area contributed by atoms with Crippen LogP contribution in [-0.2, 0) is 4.79 Å². The van der Waals surface area contributed by atoms with Crippen molar-refractivity contribution in [2.75, 3.05) is 53.5 Å². The van der Waals surface area contributed by atoms with Gasteiger partial charge in [0.15, 0.2) is 0 Å². The molecule has 2 heterocycles. The molecular weight excluding hydrogens is 370 g/mol. The van der Waals surface area contributed by atoms with Crippen molar-refractivity contribution in [3.63, 3.8) is 0 Å². The number of benzene rings is 1. The molecule has 27 heavy (non-hydrogen) atoms. The minimum Gasteiger partial charge on any atom is -0.497 e. The molecule has 1 atom stereocenters. The smallest absolute Gasteiger partial charge is 0.254 e. The third-order valence-electron chi connectivity index (χ3n) is 5.12. The third kappa shape index (κ3) is 5.05. The van der Waals surface area contributed by atoms with E-state index in [1.54, 1.807) is 37.3 Å². The van der Waals surface area contributed by atoms with Crippen molar-refractivity contribution < 1.29 is 19.1 Å². The van der Waals surface area contributed by atoms with E-state index in [1.165, 1.54) is 0 Å². The molecule has 0 radical (unpaired) electrons. The van der Waals surface area contributed by atoms with Gasteiger partial charge in [-0.25, -0.2) is 0 Å². The highest BCUT2D eigenvalue weighted by molar-refractivity contribution is 5.95. The van der Waals surface area contributed by atoms with Crippen LogP contribution >= 0.6 is 12.4 Å². The van der Waals surface area contributed by atoms with Crippen LogP contribution in [0.2, 0.25) is 0 Å². The first-order chi connectivity index (χ1) is 12.6. The summed E-state index contributed by atoms with van der Waals surface area (Å²) in [5.41, 5.74) is 0.539. The van der Waals surface area contributed by atoms with Crippen molar-refractivity contribution in [3.05, 3.63) is 23.8 Å². The monoisotopic (exact) mass is 397 g/mol. The van der Waals surface area contributed by atoms with Gasteiger partial charge in [0, 0.05) is 44.4 Å². The van der Waals surface area contributed by atoms with Crippen LogP contribution in [0.4, 0.5) is 0 Å². The van der Waals surface area contributed by atoms with E-state index in [0.717, 1.165) is 25.9 Å². The molecule has 7 nitrogen and oxygen atoms in total. The van der Waals surface area contributed by atoms with Crippen LogP contribution in [0.3, 0.4) is 0 Å². The highest BCUT2D eigenvalue weighted by Crippen LogP contribution is 2.24. The molecular formula is C19H28ClN3O4.